The number of hydrogen-bond acceptors (Lipinski definition) is 4. The Morgan fingerprint density at radius 3 is 2.00 bits per heavy atom. The maximum atomic E-state index is 13.9. The summed E-state index contributed by atoms with van der Waals surface area (Å²) in [5.41, 5.74) is 5.17. The number of piperazine rings is 1. The average Bonchev–Trinajstić information content (AvgIpc) is 2.33. The van der Waals surface area contributed by atoms with Crippen LogP contribution in [0.15, 0.2) is 17.0 Å². The van der Waals surface area contributed by atoms with Gasteiger partial charge in [-0.25, -0.2) is 17.2 Å². The maximum absolute atomic E-state index is 13.9. The summed E-state index contributed by atoms with van der Waals surface area (Å²) in [6.07, 6.45) is 0. The average molecular weight is 319 g/mol. The van der Waals surface area contributed by atoms with Crippen molar-refractivity contribution in [2.45, 2.75) is 30.8 Å². The van der Waals surface area contributed by atoms with Crippen LogP contribution in [0, 0.1) is 11.6 Å². The molecule has 118 valence electrons. The van der Waals surface area contributed by atoms with Crippen LogP contribution in [0.4, 0.5) is 14.5 Å². The van der Waals surface area contributed by atoms with Gasteiger partial charge in [0.25, 0.3) is 0 Å². The zero-order chi connectivity index (χ0) is 15.9. The standard InChI is InChI=1S/C13H19F2N3O2S/c1-8-6-18(7-9(2)17(8)3)21(19,20)13-11(14)4-10(16)5-12(13)15/h4-5,8-9H,6-7,16H2,1-3H3. The van der Waals surface area contributed by atoms with E-state index in [1.165, 1.54) is 0 Å². The molecule has 1 aliphatic heterocycles. The van der Waals surface area contributed by atoms with Gasteiger partial charge in [0, 0.05) is 30.9 Å². The van der Waals surface area contributed by atoms with E-state index in [9.17, 15) is 17.2 Å². The van der Waals surface area contributed by atoms with E-state index in [0.717, 1.165) is 16.4 Å². The first-order valence-corrected chi connectivity index (χ1v) is 8.05. The number of nitrogens with two attached hydrogens (primary N) is 1. The number of nitrogens with zero attached hydrogens (tertiary/aromatic N) is 2. The van der Waals surface area contributed by atoms with Crippen LogP contribution in [0.2, 0.25) is 0 Å². The van der Waals surface area contributed by atoms with E-state index in [4.69, 9.17) is 5.73 Å². The number of likely N-dealkylation sites (N-methyl/N-ethyl adjacent to an activating group) is 1. The van der Waals surface area contributed by atoms with E-state index in [-0.39, 0.29) is 30.9 Å². The normalized spacial score (nSPS) is 25.2. The van der Waals surface area contributed by atoms with E-state index in [2.05, 4.69) is 0 Å². The van der Waals surface area contributed by atoms with Crippen molar-refractivity contribution in [1.29, 1.82) is 0 Å². The molecule has 0 saturated carbocycles. The van der Waals surface area contributed by atoms with Gasteiger partial charge < -0.3 is 5.73 Å². The summed E-state index contributed by atoms with van der Waals surface area (Å²) in [4.78, 5) is 1.10. The van der Waals surface area contributed by atoms with Crippen LogP contribution in [-0.2, 0) is 10.0 Å². The van der Waals surface area contributed by atoms with Crippen molar-refractivity contribution >= 4 is 15.7 Å². The molecule has 1 saturated heterocycles. The van der Waals surface area contributed by atoms with Gasteiger partial charge in [-0.2, -0.15) is 4.31 Å². The van der Waals surface area contributed by atoms with Crippen molar-refractivity contribution in [1.82, 2.24) is 9.21 Å². The Kier molecular flexibility index (Phi) is 4.23. The third-order valence-electron chi connectivity index (χ3n) is 3.94. The molecule has 0 bridgehead atoms. The molecule has 1 aromatic rings. The quantitative estimate of drug-likeness (QED) is 0.834. The molecule has 0 spiro atoms. The lowest BCUT2D eigenvalue weighted by Crippen LogP contribution is -2.56. The maximum Gasteiger partial charge on any atom is 0.249 e. The fourth-order valence-electron chi connectivity index (χ4n) is 2.51. The molecule has 1 heterocycles. The minimum atomic E-state index is -4.23. The van der Waals surface area contributed by atoms with E-state index >= 15 is 0 Å². The zero-order valence-electron chi connectivity index (χ0n) is 12.2. The lowest BCUT2D eigenvalue weighted by Gasteiger charge is -2.41. The van der Waals surface area contributed by atoms with Crippen LogP contribution >= 0.6 is 0 Å². The van der Waals surface area contributed by atoms with Crippen molar-refractivity contribution in [3.63, 3.8) is 0 Å². The molecule has 0 aliphatic carbocycles. The second-order valence-electron chi connectivity index (χ2n) is 5.50. The molecule has 2 atom stereocenters. The van der Waals surface area contributed by atoms with Gasteiger partial charge in [-0.15, -0.1) is 0 Å². The SMILES string of the molecule is CC1CN(S(=O)(=O)c2c(F)cc(N)cc2F)CC(C)N1C. The highest BCUT2D eigenvalue weighted by atomic mass is 32.2. The summed E-state index contributed by atoms with van der Waals surface area (Å²) in [7, 11) is -2.34. The number of sulfonamides is 1. The minimum absolute atomic E-state index is 0.0385. The number of anilines is 1. The van der Waals surface area contributed by atoms with Gasteiger partial charge >= 0.3 is 0 Å². The Bertz CT molecular complexity index is 616. The molecule has 1 aliphatic rings. The Labute approximate surface area is 123 Å². The lowest BCUT2D eigenvalue weighted by molar-refractivity contribution is 0.105. The van der Waals surface area contributed by atoms with Crippen molar-refractivity contribution in [2.24, 2.45) is 0 Å². The molecule has 8 heteroatoms. The fraction of sp³-hybridized carbons (Fsp3) is 0.538. The molecule has 2 unspecified atom stereocenters. The summed E-state index contributed by atoms with van der Waals surface area (Å²) in [6, 6.07) is 1.56. The third kappa shape index (κ3) is 2.88. The molecule has 1 aromatic carbocycles. The van der Waals surface area contributed by atoms with Crippen LogP contribution in [0.1, 0.15) is 13.8 Å². The van der Waals surface area contributed by atoms with Crippen LogP contribution in [0.5, 0.6) is 0 Å². The summed E-state index contributed by atoms with van der Waals surface area (Å²) in [5, 5.41) is 0. The van der Waals surface area contributed by atoms with Crippen LogP contribution in [-0.4, -0.2) is 49.8 Å². The third-order valence-corrected chi connectivity index (χ3v) is 5.83. The van der Waals surface area contributed by atoms with Crippen molar-refractivity contribution in [2.75, 3.05) is 25.9 Å². The molecule has 5 nitrogen and oxygen atoms in total. The monoisotopic (exact) mass is 319 g/mol. The zero-order valence-corrected chi connectivity index (χ0v) is 13.0. The van der Waals surface area contributed by atoms with E-state index in [1.807, 2.05) is 25.8 Å². The number of halogens is 2. The Hall–Kier alpha value is -1.25. The first-order valence-electron chi connectivity index (χ1n) is 6.61. The van der Waals surface area contributed by atoms with E-state index < -0.39 is 26.6 Å². The molecule has 0 aromatic heterocycles. The minimum Gasteiger partial charge on any atom is -0.399 e. The van der Waals surface area contributed by atoms with Crippen molar-refractivity contribution in [3.05, 3.63) is 23.8 Å². The van der Waals surface area contributed by atoms with E-state index in [1.54, 1.807) is 0 Å². The second-order valence-corrected chi connectivity index (χ2v) is 7.37. The Morgan fingerprint density at radius 1 is 1.14 bits per heavy atom. The van der Waals surface area contributed by atoms with Crippen LogP contribution in [0.3, 0.4) is 0 Å². The fourth-order valence-corrected chi connectivity index (χ4v) is 4.20. The van der Waals surface area contributed by atoms with Crippen LogP contribution < -0.4 is 5.73 Å². The molecule has 21 heavy (non-hydrogen) atoms. The molecule has 2 rings (SSSR count). The van der Waals surface area contributed by atoms with Gasteiger partial charge in [-0.1, -0.05) is 0 Å². The number of hydrogen-bond donors (Lipinski definition) is 1. The second kappa shape index (κ2) is 5.51. The van der Waals surface area contributed by atoms with Crippen LogP contribution in [0.25, 0.3) is 0 Å². The number of nitrogen functional groups attached to an aromatic ring is 1. The molecule has 2 N–H and O–H groups in total. The highest BCUT2D eigenvalue weighted by Gasteiger charge is 2.37. The van der Waals surface area contributed by atoms with Gasteiger partial charge in [0.2, 0.25) is 10.0 Å². The predicted octanol–water partition coefficient (Wildman–Crippen LogP) is 1.26. The Morgan fingerprint density at radius 2 is 1.57 bits per heavy atom. The number of rotatable bonds is 2. The topological polar surface area (TPSA) is 66.6 Å². The van der Waals surface area contributed by atoms with Crippen molar-refractivity contribution in [3.8, 4) is 0 Å². The Balaban J connectivity index is 2.44. The first-order chi connectivity index (χ1) is 9.64. The summed E-state index contributed by atoms with van der Waals surface area (Å²) < 4.78 is 54.0. The smallest absolute Gasteiger partial charge is 0.249 e. The number of benzene rings is 1. The molecule has 0 radical (unpaired) electrons. The first kappa shape index (κ1) is 16.1. The molecule has 0 amide bonds. The van der Waals surface area contributed by atoms with Gasteiger partial charge in [0.15, 0.2) is 4.90 Å². The summed E-state index contributed by atoms with van der Waals surface area (Å²) in [6.45, 7) is 4.11. The molecular weight excluding hydrogens is 300 g/mol. The van der Waals surface area contributed by atoms with Gasteiger partial charge in [-0.3, -0.25) is 4.90 Å². The largest absolute Gasteiger partial charge is 0.399 e. The summed E-state index contributed by atoms with van der Waals surface area (Å²) in [5.74, 6) is -2.32. The van der Waals surface area contributed by atoms with Crippen molar-refractivity contribution < 1.29 is 17.2 Å². The van der Waals surface area contributed by atoms with Gasteiger partial charge in [0.05, 0.1) is 0 Å². The molecular formula is C13H19F2N3O2S. The van der Waals surface area contributed by atoms with E-state index in [0.29, 0.717) is 0 Å². The van der Waals surface area contributed by atoms with Gasteiger partial charge in [0.1, 0.15) is 11.6 Å². The van der Waals surface area contributed by atoms with Gasteiger partial charge in [-0.05, 0) is 33.0 Å². The summed E-state index contributed by atoms with van der Waals surface area (Å²) >= 11 is 0. The molecule has 1 fully saturated rings. The highest BCUT2D eigenvalue weighted by molar-refractivity contribution is 7.89. The predicted molar refractivity (Wildman–Crippen MR) is 76.2 cm³/mol. The lowest BCUT2D eigenvalue weighted by atomic mass is 10.1. The highest BCUT2D eigenvalue weighted by Crippen LogP contribution is 2.27.